The summed E-state index contributed by atoms with van der Waals surface area (Å²) < 4.78 is 32.3. The Morgan fingerprint density at radius 1 is 1.00 bits per heavy atom. The lowest BCUT2D eigenvalue weighted by Crippen LogP contribution is -2.50. The lowest BCUT2D eigenvalue weighted by molar-refractivity contribution is -0.117. The molecular weight excluding hydrogens is 378 g/mol. The molecule has 2 aromatic rings. The second-order valence-electron chi connectivity index (χ2n) is 6.47. The van der Waals surface area contributed by atoms with Crippen LogP contribution in [-0.4, -0.2) is 62.9 Å². The second-order valence-corrected chi connectivity index (χ2v) is 8.41. The van der Waals surface area contributed by atoms with Crippen LogP contribution in [0.2, 0.25) is 0 Å². The van der Waals surface area contributed by atoms with Crippen molar-refractivity contribution < 1.29 is 17.9 Å². The first-order chi connectivity index (χ1) is 13.5. The van der Waals surface area contributed by atoms with E-state index in [1.54, 1.807) is 36.4 Å². The predicted octanol–water partition coefficient (Wildman–Crippen LogP) is 2.03. The monoisotopic (exact) mass is 403 g/mol. The third-order valence-corrected chi connectivity index (χ3v) is 6.45. The van der Waals surface area contributed by atoms with Gasteiger partial charge in [0.2, 0.25) is 15.9 Å². The minimum atomic E-state index is -3.48. The van der Waals surface area contributed by atoms with Crippen LogP contribution < -0.4 is 10.1 Å². The van der Waals surface area contributed by atoms with Crippen molar-refractivity contribution in [3.63, 3.8) is 0 Å². The van der Waals surface area contributed by atoms with Gasteiger partial charge < -0.3 is 10.1 Å². The van der Waals surface area contributed by atoms with Crippen LogP contribution in [0.4, 0.5) is 5.69 Å². The third-order valence-electron chi connectivity index (χ3n) is 4.54. The number of sulfonamides is 1. The summed E-state index contributed by atoms with van der Waals surface area (Å²) in [6.07, 6.45) is 0. The zero-order chi connectivity index (χ0) is 20.0. The second kappa shape index (κ2) is 9.18. The van der Waals surface area contributed by atoms with Crippen LogP contribution in [0.3, 0.4) is 0 Å². The van der Waals surface area contributed by atoms with Gasteiger partial charge in [0.1, 0.15) is 5.75 Å². The molecule has 0 radical (unpaired) electrons. The van der Waals surface area contributed by atoms with E-state index in [1.807, 2.05) is 30.0 Å². The highest BCUT2D eigenvalue weighted by atomic mass is 32.2. The van der Waals surface area contributed by atoms with Gasteiger partial charge in [-0.2, -0.15) is 4.31 Å². The van der Waals surface area contributed by atoms with Gasteiger partial charge in [0.05, 0.1) is 23.7 Å². The lowest BCUT2D eigenvalue weighted by Gasteiger charge is -2.33. The fourth-order valence-corrected chi connectivity index (χ4v) is 4.56. The number of carbonyl (C=O) groups is 1. The standard InChI is InChI=1S/C20H25N3O4S/c1-2-27-19-11-7-6-10-18(19)21-20(24)16-22-12-14-23(15-13-22)28(25,26)17-8-4-3-5-9-17/h3-11H,2,12-16H2,1H3,(H,21,24). The van der Waals surface area contributed by atoms with Crippen LogP contribution in [0, 0.1) is 0 Å². The number of piperazine rings is 1. The molecule has 0 bridgehead atoms. The number of carbonyl (C=O) groups excluding carboxylic acids is 1. The molecule has 3 rings (SSSR count). The molecule has 0 atom stereocenters. The number of anilines is 1. The number of benzene rings is 2. The molecule has 0 saturated carbocycles. The van der Waals surface area contributed by atoms with Gasteiger partial charge in [0.15, 0.2) is 0 Å². The van der Waals surface area contributed by atoms with Crippen LogP contribution in [0.5, 0.6) is 5.75 Å². The van der Waals surface area contributed by atoms with Gasteiger partial charge in [0.25, 0.3) is 0 Å². The van der Waals surface area contributed by atoms with Gasteiger partial charge in [-0.15, -0.1) is 0 Å². The number of amides is 1. The fourth-order valence-electron chi connectivity index (χ4n) is 3.11. The number of nitrogens with zero attached hydrogens (tertiary/aromatic N) is 2. The molecule has 7 nitrogen and oxygen atoms in total. The number of rotatable bonds is 7. The van der Waals surface area contributed by atoms with Crippen molar-refractivity contribution in [1.29, 1.82) is 0 Å². The molecule has 8 heteroatoms. The van der Waals surface area contributed by atoms with Crippen LogP contribution in [0.15, 0.2) is 59.5 Å². The van der Waals surface area contributed by atoms with E-state index in [0.717, 1.165) is 0 Å². The highest BCUT2D eigenvalue weighted by Gasteiger charge is 2.28. The maximum atomic E-state index is 12.7. The van der Waals surface area contributed by atoms with Gasteiger partial charge in [-0.05, 0) is 31.2 Å². The van der Waals surface area contributed by atoms with Crippen molar-refractivity contribution in [3.8, 4) is 5.75 Å². The Bertz CT molecular complexity index is 895. The van der Waals surface area contributed by atoms with Gasteiger partial charge in [0, 0.05) is 26.2 Å². The summed E-state index contributed by atoms with van der Waals surface area (Å²) in [4.78, 5) is 14.7. The number of para-hydroxylation sites is 2. The molecule has 1 heterocycles. The molecular formula is C20H25N3O4S. The van der Waals surface area contributed by atoms with Gasteiger partial charge in [-0.25, -0.2) is 8.42 Å². The molecule has 0 aliphatic carbocycles. The largest absolute Gasteiger partial charge is 0.492 e. The Morgan fingerprint density at radius 2 is 1.64 bits per heavy atom. The van der Waals surface area contributed by atoms with E-state index < -0.39 is 10.0 Å². The Hall–Kier alpha value is -2.42. The topological polar surface area (TPSA) is 79.0 Å². The zero-order valence-corrected chi connectivity index (χ0v) is 16.7. The van der Waals surface area contributed by atoms with Crippen molar-refractivity contribution >= 4 is 21.6 Å². The predicted molar refractivity (Wildman–Crippen MR) is 108 cm³/mol. The molecule has 1 saturated heterocycles. The summed E-state index contributed by atoms with van der Waals surface area (Å²) in [5.41, 5.74) is 0.639. The quantitative estimate of drug-likeness (QED) is 0.765. The van der Waals surface area contributed by atoms with E-state index in [4.69, 9.17) is 4.74 Å². The van der Waals surface area contributed by atoms with Crippen LogP contribution in [-0.2, 0) is 14.8 Å². The van der Waals surface area contributed by atoms with Crippen molar-refractivity contribution in [2.45, 2.75) is 11.8 Å². The van der Waals surface area contributed by atoms with Crippen molar-refractivity contribution in [1.82, 2.24) is 9.21 Å². The summed E-state index contributed by atoms with van der Waals surface area (Å²) in [6.45, 7) is 4.35. The summed E-state index contributed by atoms with van der Waals surface area (Å²) in [7, 11) is -3.48. The fraction of sp³-hybridized carbons (Fsp3) is 0.350. The summed E-state index contributed by atoms with van der Waals surface area (Å²) in [6, 6.07) is 15.7. The average molecular weight is 404 g/mol. The number of hydrogen-bond donors (Lipinski definition) is 1. The van der Waals surface area contributed by atoms with Crippen molar-refractivity contribution in [3.05, 3.63) is 54.6 Å². The van der Waals surface area contributed by atoms with E-state index in [0.29, 0.717) is 49.1 Å². The van der Waals surface area contributed by atoms with E-state index in [-0.39, 0.29) is 12.5 Å². The van der Waals surface area contributed by atoms with Gasteiger partial charge >= 0.3 is 0 Å². The maximum absolute atomic E-state index is 12.7. The molecule has 150 valence electrons. The zero-order valence-electron chi connectivity index (χ0n) is 15.9. The van der Waals surface area contributed by atoms with Gasteiger partial charge in [-0.3, -0.25) is 9.69 Å². The molecule has 1 aliphatic rings. The lowest BCUT2D eigenvalue weighted by atomic mass is 10.3. The van der Waals surface area contributed by atoms with E-state index in [9.17, 15) is 13.2 Å². The summed E-state index contributed by atoms with van der Waals surface area (Å²) in [5, 5.41) is 2.87. The van der Waals surface area contributed by atoms with Crippen molar-refractivity contribution in [2.24, 2.45) is 0 Å². The number of ether oxygens (including phenoxy) is 1. The molecule has 1 aliphatic heterocycles. The molecule has 2 aromatic carbocycles. The highest BCUT2D eigenvalue weighted by Crippen LogP contribution is 2.23. The third kappa shape index (κ3) is 4.89. The molecule has 1 N–H and O–H groups in total. The normalized spacial score (nSPS) is 15.9. The molecule has 0 unspecified atom stereocenters. The Morgan fingerprint density at radius 3 is 2.32 bits per heavy atom. The first-order valence-corrected chi connectivity index (χ1v) is 10.7. The van der Waals surface area contributed by atoms with E-state index in [1.165, 1.54) is 4.31 Å². The Kier molecular flexibility index (Phi) is 6.66. The minimum absolute atomic E-state index is 0.147. The highest BCUT2D eigenvalue weighted by molar-refractivity contribution is 7.89. The van der Waals surface area contributed by atoms with E-state index >= 15 is 0 Å². The first-order valence-electron chi connectivity index (χ1n) is 9.30. The smallest absolute Gasteiger partial charge is 0.243 e. The van der Waals surface area contributed by atoms with E-state index in [2.05, 4.69) is 5.32 Å². The maximum Gasteiger partial charge on any atom is 0.243 e. The number of hydrogen-bond acceptors (Lipinski definition) is 5. The van der Waals surface area contributed by atoms with Crippen LogP contribution in [0.1, 0.15) is 6.92 Å². The molecule has 0 aromatic heterocycles. The van der Waals surface area contributed by atoms with Crippen LogP contribution >= 0.6 is 0 Å². The SMILES string of the molecule is CCOc1ccccc1NC(=O)CN1CCN(S(=O)(=O)c2ccccc2)CC1. The summed E-state index contributed by atoms with van der Waals surface area (Å²) in [5.74, 6) is 0.489. The molecule has 1 amide bonds. The van der Waals surface area contributed by atoms with Crippen molar-refractivity contribution in [2.75, 3.05) is 44.6 Å². The van der Waals surface area contributed by atoms with Gasteiger partial charge in [-0.1, -0.05) is 30.3 Å². The number of nitrogens with one attached hydrogen (secondary N) is 1. The van der Waals surface area contributed by atoms with Crippen LogP contribution in [0.25, 0.3) is 0 Å². The molecule has 1 fully saturated rings. The minimum Gasteiger partial charge on any atom is -0.492 e. The first kappa shape index (κ1) is 20.3. The Labute approximate surface area is 166 Å². The molecule has 0 spiro atoms. The molecule has 28 heavy (non-hydrogen) atoms. The Balaban J connectivity index is 1.54. The summed E-state index contributed by atoms with van der Waals surface area (Å²) >= 11 is 0. The average Bonchev–Trinajstić information content (AvgIpc) is 2.71.